The van der Waals surface area contributed by atoms with Crippen molar-refractivity contribution in [3.05, 3.63) is 41.1 Å². The van der Waals surface area contributed by atoms with Gasteiger partial charge in [0.2, 0.25) is 5.88 Å². The van der Waals surface area contributed by atoms with Gasteiger partial charge in [-0.2, -0.15) is 0 Å². The van der Waals surface area contributed by atoms with Gasteiger partial charge in [0, 0.05) is 13.1 Å². The summed E-state index contributed by atoms with van der Waals surface area (Å²) in [6.07, 6.45) is -0.334. The van der Waals surface area contributed by atoms with E-state index in [-0.39, 0.29) is 18.0 Å². The summed E-state index contributed by atoms with van der Waals surface area (Å²) in [5.41, 5.74) is 1.97. The standard InChI is InChI=1S/C20H27N3O4/c1-7-14-18(24)23(19(25)22(14)6)17-11-16(21-27-17)20(4,5)26-15-9-8-12(2)10-13(15)3/h8-11,14,18,24H,7H2,1-6H3. The number of urea groups is 1. The number of likely N-dealkylation sites (N-methyl/N-ethyl adjacent to an activating group) is 1. The number of hydrogen-bond donors (Lipinski definition) is 1. The molecule has 146 valence electrons. The molecule has 2 unspecified atom stereocenters. The van der Waals surface area contributed by atoms with E-state index >= 15 is 0 Å². The minimum atomic E-state index is -0.975. The molecule has 2 heterocycles. The lowest BCUT2D eigenvalue weighted by Gasteiger charge is -2.25. The number of aryl methyl sites for hydroxylation is 2. The third kappa shape index (κ3) is 3.39. The molecule has 2 amide bonds. The Kier molecular flexibility index (Phi) is 4.90. The zero-order valence-corrected chi connectivity index (χ0v) is 16.7. The van der Waals surface area contributed by atoms with Crippen LogP contribution in [0.25, 0.3) is 0 Å². The molecule has 2 aromatic rings. The van der Waals surface area contributed by atoms with Crippen molar-refractivity contribution < 1.29 is 19.2 Å². The minimum Gasteiger partial charge on any atom is -0.481 e. The number of anilines is 1. The van der Waals surface area contributed by atoms with Gasteiger partial charge < -0.3 is 19.3 Å². The van der Waals surface area contributed by atoms with Gasteiger partial charge >= 0.3 is 6.03 Å². The number of benzene rings is 1. The van der Waals surface area contributed by atoms with Crippen LogP contribution in [0, 0.1) is 13.8 Å². The Morgan fingerprint density at radius 2 is 2.00 bits per heavy atom. The SMILES string of the molecule is CCC1C(O)N(c2cc(C(C)(C)Oc3ccc(C)cc3C)no2)C(=O)N1C. The number of aliphatic hydroxyl groups is 1. The van der Waals surface area contributed by atoms with Crippen LogP contribution in [0.4, 0.5) is 10.7 Å². The van der Waals surface area contributed by atoms with Crippen LogP contribution in [0.5, 0.6) is 5.75 Å². The molecule has 27 heavy (non-hydrogen) atoms. The summed E-state index contributed by atoms with van der Waals surface area (Å²) in [6, 6.07) is 7.03. The van der Waals surface area contributed by atoms with Gasteiger partial charge in [0.25, 0.3) is 0 Å². The van der Waals surface area contributed by atoms with Crippen LogP contribution in [0.3, 0.4) is 0 Å². The highest BCUT2D eigenvalue weighted by Crippen LogP contribution is 2.34. The summed E-state index contributed by atoms with van der Waals surface area (Å²) in [7, 11) is 1.67. The molecule has 0 saturated carbocycles. The van der Waals surface area contributed by atoms with Crippen LogP contribution < -0.4 is 9.64 Å². The molecule has 7 heteroatoms. The molecule has 0 radical (unpaired) electrons. The second-order valence-corrected chi connectivity index (χ2v) is 7.58. The molecule has 1 aliphatic rings. The maximum absolute atomic E-state index is 12.5. The smallest absolute Gasteiger partial charge is 0.329 e. The molecule has 7 nitrogen and oxygen atoms in total. The van der Waals surface area contributed by atoms with Crippen LogP contribution in [-0.2, 0) is 5.60 Å². The maximum Gasteiger partial charge on any atom is 0.329 e. The molecule has 0 bridgehead atoms. The molecule has 1 aliphatic heterocycles. The number of hydrogen-bond acceptors (Lipinski definition) is 5. The Hall–Kier alpha value is -2.54. The maximum atomic E-state index is 12.5. The summed E-state index contributed by atoms with van der Waals surface area (Å²) >= 11 is 0. The summed E-state index contributed by atoms with van der Waals surface area (Å²) in [5, 5.41) is 14.6. The van der Waals surface area contributed by atoms with Crippen LogP contribution in [0.15, 0.2) is 28.8 Å². The second kappa shape index (κ2) is 6.88. The number of amides is 2. The number of ether oxygens (including phenoxy) is 1. The first-order valence-electron chi connectivity index (χ1n) is 9.13. The first-order valence-corrected chi connectivity index (χ1v) is 9.13. The van der Waals surface area contributed by atoms with Gasteiger partial charge in [-0.05, 0) is 45.7 Å². The number of carbonyl (C=O) groups is 1. The lowest BCUT2D eigenvalue weighted by molar-refractivity contribution is 0.0983. The normalized spacial score (nSPS) is 20.5. The summed E-state index contributed by atoms with van der Waals surface area (Å²) < 4.78 is 11.6. The van der Waals surface area contributed by atoms with E-state index in [0.29, 0.717) is 12.1 Å². The van der Waals surface area contributed by atoms with Crippen molar-refractivity contribution in [1.82, 2.24) is 10.1 Å². The Balaban J connectivity index is 1.85. The Morgan fingerprint density at radius 1 is 1.30 bits per heavy atom. The molecule has 1 aromatic carbocycles. The third-order valence-corrected chi connectivity index (χ3v) is 5.08. The Labute approximate surface area is 159 Å². The van der Waals surface area contributed by atoms with Gasteiger partial charge in [-0.25, -0.2) is 9.69 Å². The van der Waals surface area contributed by atoms with Gasteiger partial charge in [-0.3, -0.25) is 0 Å². The van der Waals surface area contributed by atoms with Gasteiger partial charge in [0.15, 0.2) is 6.23 Å². The molecule has 0 aliphatic carbocycles. The van der Waals surface area contributed by atoms with E-state index in [1.807, 2.05) is 46.8 Å². The highest BCUT2D eigenvalue weighted by molar-refractivity contribution is 5.93. The highest BCUT2D eigenvalue weighted by atomic mass is 16.5. The molecule has 3 rings (SSSR count). The van der Waals surface area contributed by atoms with E-state index in [1.54, 1.807) is 13.1 Å². The van der Waals surface area contributed by atoms with Crippen molar-refractivity contribution >= 4 is 11.9 Å². The summed E-state index contributed by atoms with van der Waals surface area (Å²) in [4.78, 5) is 15.2. The third-order valence-electron chi connectivity index (χ3n) is 5.08. The Morgan fingerprint density at radius 3 is 2.59 bits per heavy atom. The topological polar surface area (TPSA) is 79.0 Å². The van der Waals surface area contributed by atoms with Gasteiger partial charge in [0.05, 0.1) is 6.04 Å². The molecule has 1 aromatic heterocycles. The number of rotatable bonds is 5. The van der Waals surface area contributed by atoms with E-state index in [2.05, 4.69) is 11.2 Å². The summed E-state index contributed by atoms with van der Waals surface area (Å²) in [5.74, 6) is 0.973. The van der Waals surface area contributed by atoms with Crippen molar-refractivity contribution in [2.75, 3.05) is 11.9 Å². The van der Waals surface area contributed by atoms with Crippen molar-refractivity contribution in [2.24, 2.45) is 0 Å². The van der Waals surface area contributed by atoms with Crippen LogP contribution >= 0.6 is 0 Å². The molecule has 1 N–H and O–H groups in total. The molecule has 1 saturated heterocycles. The van der Waals surface area contributed by atoms with Crippen molar-refractivity contribution in [3.8, 4) is 5.75 Å². The second-order valence-electron chi connectivity index (χ2n) is 7.58. The molecule has 2 atom stereocenters. The van der Waals surface area contributed by atoms with E-state index in [1.165, 1.54) is 9.80 Å². The quantitative estimate of drug-likeness (QED) is 0.867. The lowest BCUT2D eigenvalue weighted by Crippen LogP contribution is -2.36. The van der Waals surface area contributed by atoms with Crippen LogP contribution in [0.2, 0.25) is 0 Å². The van der Waals surface area contributed by atoms with Crippen LogP contribution in [0.1, 0.15) is 44.0 Å². The molecule has 0 spiro atoms. The predicted molar refractivity (Wildman–Crippen MR) is 102 cm³/mol. The average Bonchev–Trinajstić information content (AvgIpc) is 3.15. The zero-order chi connectivity index (χ0) is 19.9. The monoisotopic (exact) mass is 373 g/mol. The van der Waals surface area contributed by atoms with Crippen LogP contribution in [-0.4, -0.2) is 40.5 Å². The van der Waals surface area contributed by atoms with Gasteiger partial charge in [-0.1, -0.05) is 29.8 Å². The highest BCUT2D eigenvalue weighted by Gasteiger charge is 2.45. The van der Waals surface area contributed by atoms with Gasteiger partial charge in [-0.15, -0.1) is 0 Å². The summed E-state index contributed by atoms with van der Waals surface area (Å²) in [6.45, 7) is 9.72. The van der Waals surface area contributed by atoms with Crippen molar-refractivity contribution in [3.63, 3.8) is 0 Å². The van der Waals surface area contributed by atoms with E-state index in [9.17, 15) is 9.90 Å². The lowest BCUT2D eigenvalue weighted by atomic mass is 10.0. The molecule has 1 fully saturated rings. The first kappa shape index (κ1) is 19.2. The number of carbonyl (C=O) groups excluding carboxylic acids is 1. The van der Waals surface area contributed by atoms with E-state index < -0.39 is 11.8 Å². The zero-order valence-electron chi connectivity index (χ0n) is 16.7. The number of aliphatic hydroxyl groups excluding tert-OH is 1. The first-order chi connectivity index (χ1) is 12.7. The van der Waals surface area contributed by atoms with Gasteiger partial charge in [0.1, 0.15) is 17.0 Å². The Bertz CT molecular complexity index is 846. The number of aromatic nitrogens is 1. The fraction of sp³-hybridized carbons (Fsp3) is 0.500. The van der Waals surface area contributed by atoms with E-state index in [0.717, 1.165) is 16.9 Å². The minimum absolute atomic E-state index is 0.211. The number of nitrogens with zero attached hydrogens (tertiary/aromatic N) is 3. The largest absolute Gasteiger partial charge is 0.481 e. The molecular formula is C20H27N3O4. The van der Waals surface area contributed by atoms with Crippen molar-refractivity contribution in [1.29, 1.82) is 0 Å². The average molecular weight is 373 g/mol. The predicted octanol–water partition coefficient (Wildman–Crippen LogP) is 3.57. The fourth-order valence-electron chi connectivity index (χ4n) is 3.41. The van der Waals surface area contributed by atoms with E-state index in [4.69, 9.17) is 9.26 Å². The van der Waals surface area contributed by atoms with Crippen molar-refractivity contribution in [2.45, 2.75) is 58.9 Å². The molecular weight excluding hydrogens is 346 g/mol. The fourth-order valence-corrected chi connectivity index (χ4v) is 3.41.